The lowest BCUT2D eigenvalue weighted by Gasteiger charge is -2.36. The summed E-state index contributed by atoms with van der Waals surface area (Å²) in [6.45, 7) is 0.836. The number of likely N-dealkylation sites (tertiary alicyclic amines) is 1. The van der Waals surface area contributed by atoms with Gasteiger partial charge in [-0.25, -0.2) is 13.8 Å². The molecular weight excluding hydrogens is 422 g/mol. The molecule has 4 rings (SSSR count). The Kier molecular flexibility index (Phi) is 6.31. The van der Waals surface area contributed by atoms with Crippen molar-refractivity contribution in [2.24, 2.45) is 0 Å². The van der Waals surface area contributed by atoms with E-state index in [1.54, 1.807) is 4.90 Å². The molecule has 1 aromatic heterocycles. The van der Waals surface area contributed by atoms with Crippen LogP contribution in [0, 0.1) is 11.6 Å². The summed E-state index contributed by atoms with van der Waals surface area (Å²) in [7, 11) is 1.43. The zero-order valence-corrected chi connectivity index (χ0v) is 17.7. The predicted molar refractivity (Wildman–Crippen MR) is 110 cm³/mol. The van der Waals surface area contributed by atoms with Crippen molar-refractivity contribution in [3.8, 4) is 0 Å². The molecule has 0 radical (unpaired) electrons. The summed E-state index contributed by atoms with van der Waals surface area (Å²) in [4.78, 5) is 48.4. The number of fused-ring (bicyclic) bond motifs is 1. The van der Waals surface area contributed by atoms with Gasteiger partial charge in [-0.1, -0.05) is 6.07 Å². The minimum Gasteiger partial charge on any atom is -0.375 e. The fourth-order valence-electron chi connectivity index (χ4n) is 4.31. The number of hydrogen-bond acceptors (Lipinski definition) is 5. The zero-order valence-electron chi connectivity index (χ0n) is 17.7. The quantitative estimate of drug-likeness (QED) is 0.775. The van der Waals surface area contributed by atoms with E-state index in [1.165, 1.54) is 24.1 Å². The molecule has 170 valence electrons. The van der Waals surface area contributed by atoms with E-state index >= 15 is 0 Å². The van der Waals surface area contributed by atoms with Crippen molar-refractivity contribution in [1.29, 1.82) is 0 Å². The molecule has 8 nitrogen and oxygen atoms in total. The number of H-pyrrole nitrogens is 1. The van der Waals surface area contributed by atoms with Crippen LogP contribution in [0.2, 0.25) is 0 Å². The first-order valence-electron chi connectivity index (χ1n) is 10.5. The highest BCUT2D eigenvalue weighted by molar-refractivity contribution is 5.94. The summed E-state index contributed by atoms with van der Waals surface area (Å²) < 4.78 is 32.8. The number of carbonyl (C=O) groups is 2. The Bertz CT molecular complexity index is 1100. The highest BCUT2D eigenvalue weighted by atomic mass is 19.2. The Labute approximate surface area is 183 Å². The van der Waals surface area contributed by atoms with E-state index in [4.69, 9.17) is 4.74 Å². The lowest BCUT2D eigenvalue weighted by atomic mass is 9.99. The number of nitrogens with zero attached hydrogens (tertiary/aromatic N) is 3. The van der Waals surface area contributed by atoms with Crippen LogP contribution in [-0.4, -0.2) is 58.4 Å². The normalized spacial score (nSPS) is 18.4. The predicted octanol–water partition coefficient (Wildman–Crippen LogP) is 1.95. The topological polar surface area (TPSA) is 95.6 Å². The van der Waals surface area contributed by atoms with Gasteiger partial charge in [0.05, 0.1) is 29.4 Å². The van der Waals surface area contributed by atoms with E-state index in [1.807, 2.05) is 0 Å². The maximum absolute atomic E-state index is 14.2. The van der Waals surface area contributed by atoms with Gasteiger partial charge in [-0.15, -0.1) is 0 Å². The molecule has 1 aromatic carbocycles. The van der Waals surface area contributed by atoms with Crippen LogP contribution in [0.3, 0.4) is 0 Å². The number of aromatic nitrogens is 2. The molecule has 0 spiro atoms. The number of methoxy groups -OCH3 is 1. The summed E-state index contributed by atoms with van der Waals surface area (Å²) in [6.07, 6.45) is 2.47. The molecule has 0 bridgehead atoms. The summed E-state index contributed by atoms with van der Waals surface area (Å²) >= 11 is 0. The number of rotatable bonds is 4. The van der Waals surface area contributed by atoms with Crippen molar-refractivity contribution in [1.82, 2.24) is 19.8 Å². The Hall–Kier alpha value is -3.14. The number of ether oxygens (including phenoxy) is 1. The minimum atomic E-state index is -1.19. The number of benzene rings is 1. The fraction of sp³-hybridized carbons (Fsp3) is 0.455. The molecule has 1 N–H and O–H groups in total. The molecule has 32 heavy (non-hydrogen) atoms. The Morgan fingerprint density at radius 3 is 2.84 bits per heavy atom. The second-order valence-electron chi connectivity index (χ2n) is 7.99. The van der Waals surface area contributed by atoms with Crippen LogP contribution in [-0.2, 0) is 22.5 Å². The Morgan fingerprint density at radius 2 is 2.06 bits per heavy atom. The molecule has 0 aliphatic carbocycles. The van der Waals surface area contributed by atoms with Crippen LogP contribution in [0.1, 0.15) is 52.7 Å². The average molecular weight is 446 g/mol. The van der Waals surface area contributed by atoms with Crippen LogP contribution in [0.5, 0.6) is 0 Å². The van der Waals surface area contributed by atoms with Gasteiger partial charge in [0, 0.05) is 26.6 Å². The first kappa shape index (κ1) is 22.1. The van der Waals surface area contributed by atoms with Crippen molar-refractivity contribution in [2.75, 3.05) is 26.8 Å². The van der Waals surface area contributed by atoms with Gasteiger partial charge < -0.3 is 19.5 Å². The third-order valence-corrected chi connectivity index (χ3v) is 5.97. The molecule has 2 aliphatic heterocycles. The molecule has 1 fully saturated rings. The Balaban J connectivity index is 1.63. The summed E-state index contributed by atoms with van der Waals surface area (Å²) in [5, 5.41) is 0. The first-order valence-corrected chi connectivity index (χ1v) is 10.5. The molecule has 2 aromatic rings. The smallest absolute Gasteiger partial charge is 0.257 e. The van der Waals surface area contributed by atoms with Gasteiger partial charge in [0.15, 0.2) is 11.6 Å². The zero-order chi connectivity index (χ0) is 22.8. The van der Waals surface area contributed by atoms with E-state index in [-0.39, 0.29) is 30.2 Å². The van der Waals surface area contributed by atoms with E-state index in [0.29, 0.717) is 49.4 Å². The van der Waals surface area contributed by atoms with Crippen LogP contribution in [0.25, 0.3) is 0 Å². The number of halogens is 2. The fourth-order valence-corrected chi connectivity index (χ4v) is 4.31. The SMILES string of the molecule is COCC(=O)N1CCc2nc(C3CCCCN3C(=O)c3cccc(F)c3F)[nH]c(=O)c2C1. The molecule has 1 saturated heterocycles. The second kappa shape index (κ2) is 9.15. The van der Waals surface area contributed by atoms with Crippen LogP contribution in [0.4, 0.5) is 8.78 Å². The number of hydrogen-bond donors (Lipinski definition) is 1. The summed E-state index contributed by atoms with van der Waals surface area (Å²) in [5.74, 6) is -2.78. The van der Waals surface area contributed by atoms with Crippen molar-refractivity contribution in [2.45, 2.75) is 38.3 Å². The van der Waals surface area contributed by atoms with E-state index in [2.05, 4.69) is 9.97 Å². The van der Waals surface area contributed by atoms with Gasteiger partial charge in [-0.05, 0) is 31.4 Å². The molecule has 2 aliphatic rings. The van der Waals surface area contributed by atoms with Gasteiger partial charge in [-0.2, -0.15) is 0 Å². The van der Waals surface area contributed by atoms with Gasteiger partial charge in [0.25, 0.3) is 11.5 Å². The monoisotopic (exact) mass is 446 g/mol. The third kappa shape index (κ3) is 4.14. The largest absolute Gasteiger partial charge is 0.375 e. The molecule has 0 saturated carbocycles. The minimum absolute atomic E-state index is 0.0610. The molecule has 1 unspecified atom stereocenters. The summed E-state index contributed by atoms with van der Waals surface area (Å²) in [5.41, 5.74) is 0.286. The van der Waals surface area contributed by atoms with Gasteiger partial charge >= 0.3 is 0 Å². The average Bonchev–Trinajstić information content (AvgIpc) is 2.80. The van der Waals surface area contributed by atoms with E-state index in [9.17, 15) is 23.2 Å². The number of amides is 2. The number of aromatic amines is 1. The first-order chi connectivity index (χ1) is 15.4. The van der Waals surface area contributed by atoms with E-state index in [0.717, 1.165) is 12.5 Å². The van der Waals surface area contributed by atoms with Crippen molar-refractivity contribution in [3.63, 3.8) is 0 Å². The number of carbonyl (C=O) groups excluding carboxylic acids is 2. The van der Waals surface area contributed by atoms with Crippen molar-refractivity contribution >= 4 is 11.8 Å². The molecule has 2 amide bonds. The lowest BCUT2D eigenvalue weighted by molar-refractivity contribution is -0.136. The molecule has 1 atom stereocenters. The molecule has 3 heterocycles. The highest BCUT2D eigenvalue weighted by Crippen LogP contribution is 2.31. The standard InChI is InChI=1S/C22H24F2N4O4/c1-32-12-18(29)27-10-8-16-14(11-27)21(30)26-20(25-16)17-7-2-3-9-28(17)22(31)13-5-4-6-15(23)19(13)24/h4-6,17H,2-3,7-12H2,1H3,(H,25,26,30). The maximum Gasteiger partial charge on any atom is 0.257 e. The van der Waals surface area contributed by atoms with Crippen LogP contribution in [0.15, 0.2) is 23.0 Å². The lowest BCUT2D eigenvalue weighted by Crippen LogP contribution is -2.43. The summed E-state index contributed by atoms with van der Waals surface area (Å²) in [6, 6.07) is 2.95. The van der Waals surface area contributed by atoms with Gasteiger partial charge in [0.1, 0.15) is 12.4 Å². The van der Waals surface area contributed by atoms with Gasteiger partial charge in [-0.3, -0.25) is 14.4 Å². The maximum atomic E-state index is 14.2. The molecule has 10 heteroatoms. The second-order valence-corrected chi connectivity index (χ2v) is 7.99. The van der Waals surface area contributed by atoms with Crippen LogP contribution >= 0.6 is 0 Å². The third-order valence-electron chi connectivity index (χ3n) is 5.97. The van der Waals surface area contributed by atoms with E-state index < -0.39 is 23.6 Å². The highest BCUT2D eigenvalue weighted by Gasteiger charge is 2.33. The van der Waals surface area contributed by atoms with Crippen molar-refractivity contribution in [3.05, 3.63) is 62.8 Å². The number of nitrogens with one attached hydrogen (secondary N) is 1. The van der Waals surface area contributed by atoms with Crippen molar-refractivity contribution < 1.29 is 23.1 Å². The van der Waals surface area contributed by atoms with Gasteiger partial charge in [0.2, 0.25) is 5.91 Å². The van der Waals surface area contributed by atoms with Crippen LogP contribution < -0.4 is 5.56 Å². The number of piperidine rings is 1. The Morgan fingerprint density at radius 1 is 1.25 bits per heavy atom. The molecular formula is C22H24F2N4O4.